The van der Waals surface area contributed by atoms with Crippen molar-refractivity contribution in [2.75, 3.05) is 19.0 Å². The van der Waals surface area contributed by atoms with Gasteiger partial charge in [-0.2, -0.15) is 0 Å². The van der Waals surface area contributed by atoms with Crippen LogP contribution in [0.25, 0.3) is 0 Å². The average Bonchev–Trinajstić information content (AvgIpc) is 2.58. The van der Waals surface area contributed by atoms with Gasteiger partial charge in [0.05, 0.1) is 13.7 Å². The topological polar surface area (TPSA) is 47.6 Å². The number of anilines is 1. The van der Waals surface area contributed by atoms with Crippen LogP contribution in [0.15, 0.2) is 48.5 Å². The zero-order valence-corrected chi connectivity index (χ0v) is 12.7. The van der Waals surface area contributed by atoms with Gasteiger partial charge in [-0.3, -0.25) is 0 Å². The van der Waals surface area contributed by atoms with E-state index in [0.29, 0.717) is 19.6 Å². The molecule has 2 aromatic carbocycles. The second-order valence-electron chi connectivity index (χ2n) is 4.85. The fourth-order valence-electron chi connectivity index (χ4n) is 2.07. The molecule has 4 nitrogen and oxygen atoms in total. The Labute approximate surface area is 131 Å². The third kappa shape index (κ3) is 4.81. The molecular formula is C18H21NO3. The molecule has 116 valence electrons. The molecule has 0 saturated heterocycles. The van der Waals surface area contributed by atoms with E-state index < -0.39 is 0 Å². The Hall–Kier alpha value is -2.49. The standard InChI is InChI=1S/C18H21NO3/c1-21-18-13-17(22-12-6-5-11-20)10-9-15(18)14-19-16-7-3-2-4-8-16/h2-4,7-11,13,19H,5-6,12,14H2,1H3. The molecule has 2 rings (SSSR count). The number of carbonyl (C=O) groups is 1. The smallest absolute Gasteiger partial charge is 0.127 e. The Bertz CT molecular complexity index is 584. The van der Waals surface area contributed by atoms with E-state index in [4.69, 9.17) is 9.47 Å². The largest absolute Gasteiger partial charge is 0.496 e. The Morgan fingerprint density at radius 1 is 1.14 bits per heavy atom. The van der Waals surface area contributed by atoms with Gasteiger partial charge in [0.2, 0.25) is 0 Å². The summed E-state index contributed by atoms with van der Waals surface area (Å²) in [5.41, 5.74) is 2.13. The van der Waals surface area contributed by atoms with Gasteiger partial charge >= 0.3 is 0 Å². The van der Waals surface area contributed by atoms with Crippen LogP contribution in [0.4, 0.5) is 5.69 Å². The number of rotatable bonds is 9. The van der Waals surface area contributed by atoms with Gasteiger partial charge in [0.25, 0.3) is 0 Å². The number of hydrogen-bond donors (Lipinski definition) is 1. The molecule has 2 aromatic rings. The van der Waals surface area contributed by atoms with Gasteiger partial charge in [-0.15, -0.1) is 0 Å². The molecule has 0 aliphatic heterocycles. The molecule has 0 radical (unpaired) electrons. The van der Waals surface area contributed by atoms with E-state index in [1.165, 1.54) is 0 Å². The first-order valence-corrected chi connectivity index (χ1v) is 7.35. The Morgan fingerprint density at radius 2 is 1.95 bits per heavy atom. The summed E-state index contributed by atoms with van der Waals surface area (Å²) in [6, 6.07) is 15.8. The summed E-state index contributed by atoms with van der Waals surface area (Å²) in [6.07, 6.45) is 2.15. The first-order valence-electron chi connectivity index (χ1n) is 7.35. The normalized spacial score (nSPS) is 10.0. The van der Waals surface area contributed by atoms with Crippen molar-refractivity contribution in [3.05, 3.63) is 54.1 Å². The molecule has 0 bridgehead atoms. The van der Waals surface area contributed by atoms with Crippen molar-refractivity contribution in [2.24, 2.45) is 0 Å². The van der Waals surface area contributed by atoms with Crippen LogP contribution in [-0.2, 0) is 11.3 Å². The summed E-state index contributed by atoms with van der Waals surface area (Å²) >= 11 is 0. The van der Waals surface area contributed by atoms with Crippen LogP contribution in [-0.4, -0.2) is 20.0 Å². The van der Waals surface area contributed by atoms with E-state index in [-0.39, 0.29) is 0 Å². The Morgan fingerprint density at radius 3 is 2.68 bits per heavy atom. The number of ether oxygens (including phenoxy) is 2. The van der Waals surface area contributed by atoms with Crippen molar-refractivity contribution < 1.29 is 14.3 Å². The number of aldehydes is 1. The van der Waals surface area contributed by atoms with Crippen LogP contribution < -0.4 is 14.8 Å². The minimum absolute atomic E-state index is 0.524. The minimum Gasteiger partial charge on any atom is -0.496 e. The fourth-order valence-corrected chi connectivity index (χ4v) is 2.07. The average molecular weight is 299 g/mol. The van der Waals surface area contributed by atoms with E-state index in [1.807, 2.05) is 48.5 Å². The lowest BCUT2D eigenvalue weighted by atomic mass is 10.2. The third-order valence-electron chi connectivity index (χ3n) is 3.25. The number of unbranched alkanes of at least 4 members (excludes halogenated alkanes) is 1. The maximum Gasteiger partial charge on any atom is 0.127 e. The lowest BCUT2D eigenvalue weighted by molar-refractivity contribution is -0.108. The van der Waals surface area contributed by atoms with Gasteiger partial charge in [-0.05, 0) is 30.7 Å². The third-order valence-corrected chi connectivity index (χ3v) is 3.25. The van der Waals surface area contributed by atoms with Crippen molar-refractivity contribution in [3.63, 3.8) is 0 Å². The van der Waals surface area contributed by atoms with Crippen LogP contribution >= 0.6 is 0 Å². The highest BCUT2D eigenvalue weighted by molar-refractivity contribution is 5.49. The van der Waals surface area contributed by atoms with Gasteiger partial charge in [-0.25, -0.2) is 0 Å². The van der Waals surface area contributed by atoms with Crippen LogP contribution in [0, 0.1) is 0 Å². The number of carbonyl (C=O) groups excluding carboxylic acids is 1. The van der Waals surface area contributed by atoms with E-state index in [2.05, 4.69) is 5.32 Å². The lowest BCUT2D eigenvalue weighted by Crippen LogP contribution is -2.03. The van der Waals surface area contributed by atoms with Crippen molar-refractivity contribution in [3.8, 4) is 11.5 Å². The maximum atomic E-state index is 10.3. The summed E-state index contributed by atoms with van der Waals surface area (Å²) in [7, 11) is 1.65. The number of benzene rings is 2. The summed E-state index contributed by atoms with van der Waals surface area (Å²) < 4.78 is 11.0. The minimum atomic E-state index is 0.524. The van der Waals surface area contributed by atoms with Crippen LogP contribution in [0.2, 0.25) is 0 Å². The zero-order valence-electron chi connectivity index (χ0n) is 12.7. The SMILES string of the molecule is COc1cc(OCCCC=O)ccc1CNc1ccccc1. The second-order valence-corrected chi connectivity index (χ2v) is 4.85. The molecule has 22 heavy (non-hydrogen) atoms. The number of nitrogens with one attached hydrogen (secondary N) is 1. The molecule has 0 saturated carbocycles. The number of methoxy groups -OCH3 is 1. The number of para-hydroxylation sites is 1. The predicted octanol–water partition coefficient (Wildman–Crippen LogP) is 3.67. The van der Waals surface area contributed by atoms with Crippen molar-refractivity contribution >= 4 is 12.0 Å². The summed E-state index contributed by atoms with van der Waals surface area (Å²) in [5.74, 6) is 1.54. The molecule has 0 heterocycles. The van der Waals surface area contributed by atoms with Gasteiger partial charge < -0.3 is 19.6 Å². The first-order chi connectivity index (χ1) is 10.8. The monoisotopic (exact) mass is 299 g/mol. The van der Waals surface area contributed by atoms with Crippen LogP contribution in [0.3, 0.4) is 0 Å². The molecular weight excluding hydrogens is 278 g/mol. The van der Waals surface area contributed by atoms with E-state index in [0.717, 1.165) is 35.5 Å². The highest BCUT2D eigenvalue weighted by Gasteiger charge is 2.05. The quantitative estimate of drug-likeness (QED) is 0.567. The maximum absolute atomic E-state index is 10.3. The van der Waals surface area contributed by atoms with Crippen LogP contribution in [0.5, 0.6) is 11.5 Å². The molecule has 0 amide bonds. The van der Waals surface area contributed by atoms with Crippen LogP contribution in [0.1, 0.15) is 18.4 Å². The van der Waals surface area contributed by atoms with E-state index in [9.17, 15) is 4.79 Å². The molecule has 1 N–H and O–H groups in total. The fraction of sp³-hybridized carbons (Fsp3) is 0.278. The summed E-state index contributed by atoms with van der Waals surface area (Å²) in [6.45, 7) is 1.21. The molecule has 0 aliphatic carbocycles. The van der Waals surface area contributed by atoms with Crippen molar-refractivity contribution in [1.82, 2.24) is 0 Å². The zero-order chi connectivity index (χ0) is 15.6. The first kappa shape index (κ1) is 15.9. The second kappa shape index (κ2) is 8.72. The molecule has 0 atom stereocenters. The molecule has 4 heteroatoms. The highest BCUT2D eigenvalue weighted by Crippen LogP contribution is 2.25. The molecule has 0 fully saturated rings. The van der Waals surface area contributed by atoms with Gasteiger partial charge in [0.15, 0.2) is 0 Å². The molecule has 0 aromatic heterocycles. The Balaban J connectivity index is 1.95. The Kier molecular flexibility index (Phi) is 6.30. The van der Waals surface area contributed by atoms with Gasteiger partial charge in [0, 0.05) is 30.3 Å². The predicted molar refractivity (Wildman–Crippen MR) is 87.6 cm³/mol. The molecule has 0 unspecified atom stereocenters. The van der Waals surface area contributed by atoms with Gasteiger partial charge in [0.1, 0.15) is 17.8 Å². The summed E-state index contributed by atoms with van der Waals surface area (Å²) in [5, 5.41) is 3.36. The van der Waals surface area contributed by atoms with Crippen molar-refractivity contribution in [1.29, 1.82) is 0 Å². The molecule has 0 spiro atoms. The number of hydrogen-bond acceptors (Lipinski definition) is 4. The molecule has 0 aliphatic rings. The lowest BCUT2D eigenvalue weighted by Gasteiger charge is -2.13. The van der Waals surface area contributed by atoms with Gasteiger partial charge in [-0.1, -0.05) is 18.2 Å². The van der Waals surface area contributed by atoms with E-state index >= 15 is 0 Å². The van der Waals surface area contributed by atoms with E-state index in [1.54, 1.807) is 7.11 Å². The highest BCUT2D eigenvalue weighted by atomic mass is 16.5. The summed E-state index contributed by atoms with van der Waals surface area (Å²) in [4.78, 5) is 10.3. The van der Waals surface area contributed by atoms with Crippen molar-refractivity contribution in [2.45, 2.75) is 19.4 Å².